The Balaban J connectivity index is 1.91. The molecule has 5 heteroatoms. The molecule has 0 saturated heterocycles. The Bertz CT molecular complexity index is 472. The maximum Gasteiger partial charge on any atom is 0.255 e. The number of hydrogen-bond acceptors (Lipinski definition) is 3. The van der Waals surface area contributed by atoms with Crippen LogP contribution in [0.1, 0.15) is 29.6 Å². The predicted octanol–water partition coefficient (Wildman–Crippen LogP) is 2.08. The van der Waals surface area contributed by atoms with Gasteiger partial charge in [0.25, 0.3) is 5.91 Å². The number of phenolic OH excluding ortho intramolecular Hbond substituents is 1. The molecule has 4 nitrogen and oxygen atoms in total. The third-order valence-corrected chi connectivity index (χ3v) is 3.62. The molecule has 1 saturated carbocycles. The third kappa shape index (κ3) is 3.44. The Labute approximate surface area is 111 Å². The van der Waals surface area contributed by atoms with Crippen LogP contribution in [-0.4, -0.2) is 31.3 Å². The minimum atomic E-state index is -0.562. The molecule has 0 heterocycles. The van der Waals surface area contributed by atoms with E-state index < -0.39 is 5.82 Å². The molecule has 0 aliphatic heterocycles. The highest BCUT2D eigenvalue weighted by Gasteiger charge is 2.42. The fourth-order valence-corrected chi connectivity index (χ4v) is 2.07. The van der Waals surface area contributed by atoms with Crippen molar-refractivity contribution < 1.29 is 19.0 Å². The van der Waals surface area contributed by atoms with Gasteiger partial charge in [0.2, 0.25) is 0 Å². The molecule has 1 fully saturated rings. The van der Waals surface area contributed by atoms with Gasteiger partial charge in [-0.25, -0.2) is 4.39 Å². The molecule has 2 N–H and O–H groups in total. The zero-order valence-electron chi connectivity index (χ0n) is 10.9. The molecule has 1 amide bonds. The first-order valence-corrected chi connectivity index (χ1v) is 6.32. The van der Waals surface area contributed by atoms with Crippen LogP contribution in [0.4, 0.5) is 4.39 Å². The van der Waals surface area contributed by atoms with Crippen molar-refractivity contribution in [2.24, 2.45) is 5.41 Å². The van der Waals surface area contributed by atoms with Gasteiger partial charge >= 0.3 is 0 Å². The lowest BCUT2D eigenvalue weighted by Gasteiger charge is -2.15. The highest BCUT2D eigenvalue weighted by Crippen LogP contribution is 2.48. The van der Waals surface area contributed by atoms with Crippen molar-refractivity contribution in [1.82, 2.24) is 5.32 Å². The molecule has 0 radical (unpaired) electrons. The number of hydrogen-bond donors (Lipinski definition) is 2. The van der Waals surface area contributed by atoms with E-state index in [0.717, 1.165) is 31.4 Å². The normalized spacial score (nSPS) is 16.1. The molecule has 0 bridgehead atoms. The summed E-state index contributed by atoms with van der Waals surface area (Å²) in [6.07, 6.45) is 3.07. The first-order valence-electron chi connectivity index (χ1n) is 6.32. The largest absolute Gasteiger partial charge is 0.507 e. The van der Waals surface area contributed by atoms with Crippen LogP contribution in [0.15, 0.2) is 18.2 Å². The van der Waals surface area contributed by atoms with Crippen LogP contribution in [0.5, 0.6) is 5.75 Å². The first-order chi connectivity index (χ1) is 9.06. The summed E-state index contributed by atoms with van der Waals surface area (Å²) in [5, 5.41) is 12.3. The van der Waals surface area contributed by atoms with Crippen LogP contribution in [0.2, 0.25) is 0 Å². The van der Waals surface area contributed by atoms with Crippen molar-refractivity contribution in [1.29, 1.82) is 0 Å². The summed E-state index contributed by atoms with van der Waals surface area (Å²) in [6, 6.07) is 3.38. The second kappa shape index (κ2) is 5.57. The molecule has 0 atom stereocenters. The van der Waals surface area contributed by atoms with Gasteiger partial charge in [0, 0.05) is 26.3 Å². The van der Waals surface area contributed by atoms with Crippen molar-refractivity contribution in [3.63, 3.8) is 0 Å². The Morgan fingerprint density at radius 2 is 2.26 bits per heavy atom. The van der Waals surface area contributed by atoms with Crippen molar-refractivity contribution in [2.45, 2.75) is 19.3 Å². The molecule has 1 aromatic carbocycles. The summed E-state index contributed by atoms with van der Waals surface area (Å²) in [6.45, 7) is 1.24. The SMILES string of the molecule is COCCC1(CNC(=O)c2ccc(F)cc2O)CC1. The van der Waals surface area contributed by atoms with Gasteiger partial charge in [0.15, 0.2) is 0 Å². The topological polar surface area (TPSA) is 58.6 Å². The van der Waals surface area contributed by atoms with Gasteiger partial charge in [0.05, 0.1) is 5.56 Å². The minimum Gasteiger partial charge on any atom is -0.507 e. The molecule has 0 unspecified atom stereocenters. The van der Waals surface area contributed by atoms with Crippen LogP contribution in [0.3, 0.4) is 0 Å². The highest BCUT2D eigenvalue weighted by molar-refractivity contribution is 5.96. The number of aromatic hydroxyl groups is 1. The van der Waals surface area contributed by atoms with Crippen LogP contribution < -0.4 is 5.32 Å². The zero-order chi connectivity index (χ0) is 13.9. The van der Waals surface area contributed by atoms with Crippen molar-refractivity contribution in [2.75, 3.05) is 20.3 Å². The number of phenols is 1. The second-order valence-electron chi connectivity index (χ2n) is 5.09. The van der Waals surface area contributed by atoms with Crippen molar-refractivity contribution >= 4 is 5.91 Å². The Hall–Kier alpha value is -1.62. The average Bonchev–Trinajstić information content (AvgIpc) is 3.14. The Kier molecular flexibility index (Phi) is 4.04. The number of rotatable bonds is 6. The van der Waals surface area contributed by atoms with Gasteiger partial charge in [-0.3, -0.25) is 4.79 Å². The van der Waals surface area contributed by atoms with E-state index in [1.807, 2.05) is 0 Å². The molecule has 0 spiro atoms. The van der Waals surface area contributed by atoms with E-state index in [4.69, 9.17) is 4.74 Å². The monoisotopic (exact) mass is 267 g/mol. The number of nitrogens with one attached hydrogen (secondary N) is 1. The van der Waals surface area contributed by atoms with Gasteiger partial charge in [-0.15, -0.1) is 0 Å². The number of benzene rings is 1. The molecule has 104 valence electrons. The maximum absolute atomic E-state index is 12.8. The molecule has 1 aliphatic carbocycles. The second-order valence-corrected chi connectivity index (χ2v) is 5.09. The highest BCUT2D eigenvalue weighted by atomic mass is 19.1. The number of halogens is 1. The summed E-state index contributed by atoms with van der Waals surface area (Å²) in [5.41, 5.74) is 0.241. The zero-order valence-corrected chi connectivity index (χ0v) is 10.9. The molecular weight excluding hydrogens is 249 g/mol. The van der Waals surface area contributed by atoms with E-state index >= 15 is 0 Å². The lowest BCUT2D eigenvalue weighted by molar-refractivity contribution is 0.0935. The van der Waals surface area contributed by atoms with Gasteiger partial charge in [-0.2, -0.15) is 0 Å². The van der Waals surface area contributed by atoms with Crippen molar-refractivity contribution in [3.05, 3.63) is 29.6 Å². The van der Waals surface area contributed by atoms with Crippen LogP contribution >= 0.6 is 0 Å². The van der Waals surface area contributed by atoms with E-state index in [-0.39, 0.29) is 22.6 Å². The van der Waals surface area contributed by atoms with Gasteiger partial charge in [-0.05, 0) is 36.8 Å². The van der Waals surface area contributed by atoms with E-state index in [0.29, 0.717) is 13.2 Å². The summed E-state index contributed by atoms with van der Waals surface area (Å²) in [4.78, 5) is 11.9. The number of carbonyl (C=O) groups is 1. The first kappa shape index (κ1) is 13.8. The number of ether oxygens (including phenoxy) is 1. The van der Waals surface area contributed by atoms with Gasteiger partial charge < -0.3 is 15.2 Å². The standard InChI is InChI=1S/C14H18FNO3/c1-19-7-6-14(4-5-14)9-16-13(18)11-3-2-10(15)8-12(11)17/h2-3,8,17H,4-7,9H2,1H3,(H,16,18). The Morgan fingerprint density at radius 1 is 1.53 bits per heavy atom. The lowest BCUT2D eigenvalue weighted by atomic mass is 10.0. The quantitative estimate of drug-likeness (QED) is 0.829. The van der Waals surface area contributed by atoms with Gasteiger partial charge in [0.1, 0.15) is 11.6 Å². The smallest absolute Gasteiger partial charge is 0.255 e. The van der Waals surface area contributed by atoms with Crippen LogP contribution in [-0.2, 0) is 4.74 Å². The summed E-state index contributed by atoms with van der Waals surface area (Å²) < 4.78 is 17.9. The molecule has 19 heavy (non-hydrogen) atoms. The summed E-state index contributed by atoms with van der Waals surface area (Å²) in [7, 11) is 1.66. The minimum absolute atomic E-state index is 0.101. The molecule has 1 aliphatic rings. The van der Waals surface area contributed by atoms with Gasteiger partial charge in [-0.1, -0.05) is 0 Å². The molecule has 0 aromatic heterocycles. The van der Waals surface area contributed by atoms with Crippen LogP contribution in [0, 0.1) is 11.2 Å². The van der Waals surface area contributed by atoms with Crippen LogP contribution in [0.25, 0.3) is 0 Å². The number of methoxy groups -OCH3 is 1. The number of carbonyl (C=O) groups excluding carboxylic acids is 1. The predicted molar refractivity (Wildman–Crippen MR) is 68.6 cm³/mol. The van der Waals surface area contributed by atoms with E-state index in [9.17, 15) is 14.3 Å². The molecule has 1 aromatic rings. The lowest BCUT2D eigenvalue weighted by Crippen LogP contribution is -2.30. The third-order valence-electron chi connectivity index (χ3n) is 3.62. The fourth-order valence-electron chi connectivity index (χ4n) is 2.07. The average molecular weight is 267 g/mol. The van der Waals surface area contributed by atoms with Crippen molar-refractivity contribution in [3.8, 4) is 5.75 Å². The van der Waals surface area contributed by atoms with E-state index in [1.54, 1.807) is 7.11 Å². The number of amides is 1. The molecular formula is C14H18FNO3. The molecule has 2 rings (SSSR count). The van der Waals surface area contributed by atoms with E-state index in [2.05, 4.69) is 5.32 Å². The van der Waals surface area contributed by atoms with E-state index in [1.165, 1.54) is 6.07 Å². The fraction of sp³-hybridized carbons (Fsp3) is 0.500. The maximum atomic E-state index is 12.8. The Morgan fingerprint density at radius 3 is 2.84 bits per heavy atom. The summed E-state index contributed by atoms with van der Waals surface area (Å²) >= 11 is 0. The summed E-state index contributed by atoms with van der Waals surface area (Å²) in [5.74, 6) is -1.27.